The molecule has 0 aliphatic heterocycles. The summed E-state index contributed by atoms with van der Waals surface area (Å²) >= 11 is 0. The molecule has 0 radical (unpaired) electrons. The van der Waals surface area contributed by atoms with Crippen molar-refractivity contribution in [3.8, 4) is 17.2 Å². The highest BCUT2D eigenvalue weighted by Gasteiger charge is 2.16. The van der Waals surface area contributed by atoms with E-state index < -0.39 is 0 Å². The molecule has 0 saturated heterocycles. The van der Waals surface area contributed by atoms with E-state index in [1.165, 1.54) is 10.7 Å². The van der Waals surface area contributed by atoms with Gasteiger partial charge in [-0.2, -0.15) is 0 Å². The molecule has 1 N–H and O–H groups in total. The van der Waals surface area contributed by atoms with Crippen molar-refractivity contribution >= 4 is 10.9 Å². The van der Waals surface area contributed by atoms with Crippen molar-refractivity contribution in [3.05, 3.63) is 160 Å². The van der Waals surface area contributed by atoms with Crippen LogP contribution in [0.3, 0.4) is 0 Å². The predicted octanol–water partition coefficient (Wildman–Crippen LogP) is 6.05. The van der Waals surface area contributed by atoms with Crippen LogP contribution in [0, 0.1) is 6.92 Å². The van der Waals surface area contributed by atoms with E-state index in [0.29, 0.717) is 46.1 Å². The van der Waals surface area contributed by atoms with Gasteiger partial charge in [0.25, 0.3) is 11.1 Å². The molecule has 7 heteroatoms. The van der Waals surface area contributed by atoms with Gasteiger partial charge in [0.1, 0.15) is 23.9 Å². The smallest absolute Gasteiger partial charge is 0.280 e. The molecule has 0 atom stereocenters. The number of aromatic amines is 1. The van der Waals surface area contributed by atoms with Crippen LogP contribution in [0.1, 0.15) is 16.8 Å². The van der Waals surface area contributed by atoms with Gasteiger partial charge in [-0.25, -0.2) is 4.68 Å². The van der Waals surface area contributed by atoms with Crippen LogP contribution in [0.15, 0.2) is 132 Å². The molecule has 5 aromatic rings. The van der Waals surface area contributed by atoms with Gasteiger partial charge in [0.05, 0.1) is 23.1 Å². The van der Waals surface area contributed by atoms with Gasteiger partial charge in [-0.15, -0.1) is 0 Å². The number of H-pyrrole nitrogens is 1. The fourth-order valence-electron chi connectivity index (χ4n) is 4.51. The van der Waals surface area contributed by atoms with Crippen LogP contribution in [0.5, 0.6) is 11.5 Å². The second-order valence-corrected chi connectivity index (χ2v) is 9.22. The minimum atomic E-state index is -0.235. The predicted molar refractivity (Wildman–Crippen MR) is 158 cm³/mol. The van der Waals surface area contributed by atoms with Crippen molar-refractivity contribution in [3.63, 3.8) is 0 Å². The summed E-state index contributed by atoms with van der Waals surface area (Å²) in [6.45, 7) is 9.95. The van der Waals surface area contributed by atoms with Crippen LogP contribution in [0.25, 0.3) is 16.6 Å². The summed E-state index contributed by atoms with van der Waals surface area (Å²) in [4.78, 5) is 26.6. The van der Waals surface area contributed by atoms with Crippen LogP contribution in [-0.4, -0.2) is 14.3 Å². The Morgan fingerprint density at radius 1 is 0.900 bits per heavy atom. The number of pyridine rings is 1. The first-order valence-corrected chi connectivity index (χ1v) is 12.8. The summed E-state index contributed by atoms with van der Waals surface area (Å²) in [5.74, 6) is 1.86. The molecule has 2 heterocycles. The van der Waals surface area contributed by atoms with Crippen LogP contribution in [-0.2, 0) is 13.2 Å². The lowest BCUT2D eigenvalue weighted by Gasteiger charge is -2.12. The number of nitrogens with zero attached hydrogens (tertiary/aromatic N) is 2. The Kier molecular flexibility index (Phi) is 7.64. The lowest BCUT2D eigenvalue weighted by molar-refractivity contribution is 0.306. The fourth-order valence-corrected chi connectivity index (χ4v) is 4.51. The first-order valence-electron chi connectivity index (χ1n) is 12.8. The summed E-state index contributed by atoms with van der Waals surface area (Å²) in [5, 5.41) is 3.54. The summed E-state index contributed by atoms with van der Waals surface area (Å²) in [6.07, 6.45) is 4.93. The third-order valence-corrected chi connectivity index (χ3v) is 6.52. The zero-order valence-corrected chi connectivity index (χ0v) is 22.2. The van der Waals surface area contributed by atoms with Crippen molar-refractivity contribution in [2.24, 2.45) is 0 Å². The molecule has 0 saturated carbocycles. The van der Waals surface area contributed by atoms with Gasteiger partial charge in [0.2, 0.25) is 0 Å². The summed E-state index contributed by atoms with van der Waals surface area (Å²) in [7, 11) is 0. The summed E-state index contributed by atoms with van der Waals surface area (Å²) in [6, 6.07) is 26.1. The number of hydrogen-bond acceptors (Lipinski definition) is 4. The maximum atomic E-state index is 13.5. The molecule has 0 aliphatic rings. The molecule has 200 valence electrons. The first-order chi connectivity index (χ1) is 19.5. The Balaban J connectivity index is 1.41. The highest BCUT2D eigenvalue weighted by molar-refractivity contribution is 5.80. The standard InChI is InChI=1S/C33H29N3O4/c1-4-10-27(5-2)40-29-14-9-13-25(19-29)21-35-23(3)32-30(20-31(35)37)34-36(33(32)38)26-15-17-28(18-16-26)39-22-24-11-7-6-8-12-24/h4-20,34H,1-2,21-22H2,3H3/b27-10+. The van der Waals surface area contributed by atoms with E-state index in [0.717, 1.165) is 11.1 Å². The van der Waals surface area contributed by atoms with Crippen molar-refractivity contribution in [1.82, 2.24) is 14.3 Å². The van der Waals surface area contributed by atoms with Crippen LogP contribution < -0.4 is 20.6 Å². The van der Waals surface area contributed by atoms with E-state index in [1.807, 2.05) is 78.9 Å². The van der Waals surface area contributed by atoms with Crippen molar-refractivity contribution in [1.29, 1.82) is 0 Å². The normalized spacial score (nSPS) is 11.4. The van der Waals surface area contributed by atoms with Gasteiger partial charge in [0, 0.05) is 11.8 Å². The molecule has 0 bridgehead atoms. The molecule has 0 amide bonds. The number of ether oxygens (including phenoxy) is 2. The van der Waals surface area contributed by atoms with E-state index >= 15 is 0 Å². The fraction of sp³-hybridized carbons (Fsp3) is 0.0909. The highest BCUT2D eigenvalue weighted by atomic mass is 16.5. The third kappa shape index (κ3) is 5.59. The number of rotatable bonds is 10. The molecular formula is C33H29N3O4. The van der Waals surface area contributed by atoms with E-state index in [-0.39, 0.29) is 17.7 Å². The molecule has 40 heavy (non-hydrogen) atoms. The number of aromatic nitrogens is 3. The van der Waals surface area contributed by atoms with Gasteiger partial charge in [-0.3, -0.25) is 14.7 Å². The molecule has 5 rings (SSSR count). The maximum absolute atomic E-state index is 13.5. The zero-order chi connectivity index (χ0) is 28.1. The number of aryl methyl sites for hydroxylation is 1. The van der Waals surface area contributed by atoms with Crippen LogP contribution in [0.4, 0.5) is 0 Å². The largest absolute Gasteiger partial charge is 0.489 e. The van der Waals surface area contributed by atoms with Gasteiger partial charge in [-0.05, 0) is 66.6 Å². The second-order valence-electron chi connectivity index (χ2n) is 9.22. The number of hydrogen-bond donors (Lipinski definition) is 1. The topological polar surface area (TPSA) is 78.2 Å². The van der Waals surface area contributed by atoms with Gasteiger partial charge in [-0.1, -0.05) is 61.7 Å². The van der Waals surface area contributed by atoms with Crippen molar-refractivity contribution in [2.45, 2.75) is 20.1 Å². The maximum Gasteiger partial charge on any atom is 0.280 e. The third-order valence-electron chi connectivity index (χ3n) is 6.52. The molecule has 0 aliphatic carbocycles. The summed E-state index contributed by atoms with van der Waals surface area (Å²) in [5.41, 5.74) is 3.17. The first kappa shape index (κ1) is 26.3. The molecule has 0 unspecified atom stereocenters. The van der Waals surface area contributed by atoms with Gasteiger partial charge >= 0.3 is 0 Å². The monoisotopic (exact) mass is 531 g/mol. The van der Waals surface area contributed by atoms with Gasteiger partial charge in [0.15, 0.2) is 0 Å². The van der Waals surface area contributed by atoms with E-state index in [9.17, 15) is 9.59 Å². The summed E-state index contributed by atoms with van der Waals surface area (Å²) < 4.78 is 14.7. The van der Waals surface area contributed by atoms with Crippen molar-refractivity contribution < 1.29 is 9.47 Å². The Morgan fingerprint density at radius 3 is 2.38 bits per heavy atom. The zero-order valence-electron chi connectivity index (χ0n) is 22.2. The van der Waals surface area contributed by atoms with Crippen LogP contribution >= 0.6 is 0 Å². The average molecular weight is 532 g/mol. The molecule has 0 spiro atoms. The Labute approximate surface area is 231 Å². The Bertz CT molecular complexity index is 1820. The molecule has 7 nitrogen and oxygen atoms in total. The second kappa shape index (κ2) is 11.6. The van der Waals surface area contributed by atoms with E-state index in [2.05, 4.69) is 18.3 Å². The molecule has 3 aromatic carbocycles. The van der Waals surface area contributed by atoms with Gasteiger partial charge < -0.3 is 14.0 Å². The average Bonchev–Trinajstić information content (AvgIpc) is 3.30. The minimum Gasteiger partial charge on any atom is -0.489 e. The number of allylic oxidation sites excluding steroid dienone is 3. The lowest BCUT2D eigenvalue weighted by atomic mass is 10.2. The molecule has 2 aromatic heterocycles. The quantitative estimate of drug-likeness (QED) is 0.176. The Morgan fingerprint density at radius 2 is 1.65 bits per heavy atom. The molecular weight excluding hydrogens is 502 g/mol. The van der Waals surface area contributed by atoms with Crippen LogP contribution in [0.2, 0.25) is 0 Å². The number of fused-ring (bicyclic) bond motifs is 1. The van der Waals surface area contributed by atoms with Crippen molar-refractivity contribution in [2.75, 3.05) is 0 Å². The lowest BCUT2D eigenvalue weighted by Crippen LogP contribution is -2.23. The SMILES string of the molecule is C=C/C=C(\C=C)Oc1cccc(Cn2c(C)c3c(=O)n(-c4ccc(OCc5ccccc5)cc4)[nH]c3cc2=O)c1. The van der Waals surface area contributed by atoms with E-state index in [4.69, 9.17) is 9.47 Å². The number of benzene rings is 3. The minimum absolute atomic E-state index is 0.215. The molecule has 0 fully saturated rings. The van der Waals surface area contributed by atoms with E-state index in [1.54, 1.807) is 29.7 Å². The Hall–Kier alpha value is -5.30. The number of nitrogens with one attached hydrogen (secondary N) is 1. The highest BCUT2D eigenvalue weighted by Crippen LogP contribution is 2.20.